The number of nitriles is 1. The quantitative estimate of drug-likeness (QED) is 0.411. The summed E-state index contributed by atoms with van der Waals surface area (Å²) in [5.74, 6) is 2.89. The minimum Gasteiger partial charge on any atom is -0.473 e. The highest BCUT2D eigenvalue weighted by Gasteiger charge is 2.49. The monoisotopic (exact) mass is 602 g/mol. The lowest BCUT2D eigenvalue weighted by atomic mass is 9.63. The number of ether oxygens (including phenoxy) is 1. The SMILES string of the molecule is CNC1CCN(c2cc(O[C@@H](C)[C@@H]3CCCN3C)nc(-c3noc4c3CCC[C@@]43CCCc4sc(N)c(C#N)c43)n2)CC1. The van der Waals surface area contributed by atoms with Gasteiger partial charge in [-0.3, -0.25) is 4.90 Å². The number of hydrogen-bond acceptors (Lipinski definition) is 11. The summed E-state index contributed by atoms with van der Waals surface area (Å²) in [7, 11) is 4.21. The summed E-state index contributed by atoms with van der Waals surface area (Å²) < 4.78 is 12.9. The Morgan fingerprint density at radius 2 is 1.95 bits per heavy atom. The Balaban J connectivity index is 1.29. The highest BCUT2D eigenvalue weighted by Crippen LogP contribution is 2.55. The zero-order valence-electron chi connectivity index (χ0n) is 25.5. The smallest absolute Gasteiger partial charge is 0.219 e. The van der Waals surface area contributed by atoms with Crippen molar-refractivity contribution in [2.75, 3.05) is 44.4 Å². The standard InChI is InChI=1S/C32H42N8O2S/c1-19(23-8-6-14-39(23)3)41-26-17-25(40-15-10-20(35-2)11-16-40)36-31(37-26)28-21-7-4-12-32(29(21)42-38-28)13-5-9-24-27(32)22(18-33)30(34)43-24/h17,19-20,23,35H,4-16,34H2,1-3H3/t19-,23-,32-/m0/s1. The van der Waals surface area contributed by atoms with Crippen molar-refractivity contribution in [3.63, 3.8) is 0 Å². The summed E-state index contributed by atoms with van der Waals surface area (Å²) in [5, 5.41) is 18.8. The number of aryl methyl sites for hydroxylation is 1. The molecule has 3 N–H and O–H groups in total. The van der Waals surface area contributed by atoms with Crippen LogP contribution < -0.4 is 20.7 Å². The molecule has 10 nitrogen and oxygen atoms in total. The van der Waals surface area contributed by atoms with Gasteiger partial charge in [0, 0.05) is 41.7 Å². The van der Waals surface area contributed by atoms with Gasteiger partial charge in [0.05, 0.1) is 11.0 Å². The molecule has 0 radical (unpaired) electrons. The van der Waals surface area contributed by atoms with Crippen molar-refractivity contribution in [1.82, 2.24) is 25.3 Å². The lowest BCUT2D eigenvalue weighted by molar-refractivity contribution is 0.117. The van der Waals surface area contributed by atoms with Gasteiger partial charge in [-0.1, -0.05) is 5.16 Å². The van der Waals surface area contributed by atoms with Crippen molar-refractivity contribution >= 4 is 22.2 Å². The normalized spacial score (nSPS) is 25.0. The molecule has 2 aliphatic heterocycles. The summed E-state index contributed by atoms with van der Waals surface area (Å²) >= 11 is 1.56. The average Bonchev–Trinajstić information content (AvgIpc) is 3.74. The number of thiophene rings is 1. The maximum atomic E-state index is 10.1. The summed E-state index contributed by atoms with van der Waals surface area (Å²) in [4.78, 5) is 16.0. The molecule has 2 aliphatic carbocycles. The van der Waals surface area contributed by atoms with Gasteiger partial charge >= 0.3 is 0 Å². The molecule has 2 fully saturated rings. The average molecular weight is 603 g/mol. The summed E-state index contributed by atoms with van der Waals surface area (Å²) in [5.41, 5.74) is 9.44. The molecule has 3 aromatic heterocycles. The third kappa shape index (κ3) is 4.88. The van der Waals surface area contributed by atoms with Crippen LogP contribution in [0.4, 0.5) is 10.8 Å². The first-order chi connectivity index (χ1) is 20.9. The number of nitrogens with zero attached hydrogens (tertiary/aromatic N) is 6. The minimum atomic E-state index is -0.376. The lowest BCUT2D eigenvalue weighted by Gasteiger charge is -2.39. The Morgan fingerprint density at radius 1 is 1.16 bits per heavy atom. The van der Waals surface area contributed by atoms with E-state index in [1.54, 1.807) is 11.3 Å². The fraction of sp³-hybridized carbons (Fsp3) is 0.625. The predicted molar refractivity (Wildman–Crippen MR) is 168 cm³/mol. The largest absolute Gasteiger partial charge is 0.473 e. The third-order valence-corrected chi connectivity index (χ3v) is 11.5. The van der Waals surface area contributed by atoms with E-state index in [0.717, 1.165) is 100 Å². The molecule has 228 valence electrons. The van der Waals surface area contributed by atoms with Crippen molar-refractivity contribution in [3.05, 3.63) is 33.4 Å². The zero-order valence-corrected chi connectivity index (χ0v) is 26.3. The van der Waals surface area contributed by atoms with Crippen LogP contribution in [-0.4, -0.2) is 71.9 Å². The molecule has 0 aromatic carbocycles. The van der Waals surface area contributed by atoms with Gasteiger partial charge in [0.1, 0.15) is 23.0 Å². The molecule has 2 saturated heterocycles. The highest BCUT2D eigenvalue weighted by molar-refractivity contribution is 7.16. The van der Waals surface area contributed by atoms with Crippen molar-refractivity contribution in [2.45, 2.75) is 94.7 Å². The van der Waals surface area contributed by atoms with E-state index in [0.29, 0.717) is 40.0 Å². The summed E-state index contributed by atoms with van der Waals surface area (Å²) in [6, 6.07) is 5.30. The molecule has 5 heterocycles. The molecule has 1 spiro atoms. The minimum absolute atomic E-state index is 0.00160. The van der Waals surface area contributed by atoms with Gasteiger partial charge in [0.25, 0.3) is 0 Å². The lowest BCUT2D eigenvalue weighted by Crippen LogP contribution is -2.41. The van der Waals surface area contributed by atoms with Gasteiger partial charge in [-0.25, -0.2) is 4.98 Å². The second-order valence-corrected chi connectivity index (χ2v) is 14.0. The Bertz CT molecular complexity index is 1530. The van der Waals surface area contributed by atoms with E-state index in [9.17, 15) is 5.26 Å². The Hall–Kier alpha value is -3.20. The Morgan fingerprint density at radius 3 is 2.67 bits per heavy atom. The fourth-order valence-electron chi connectivity index (χ4n) is 8.15. The second kappa shape index (κ2) is 11.4. The number of anilines is 2. The first kappa shape index (κ1) is 28.6. The molecule has 4 aliphatic rings. The molecule has 3 aromatic rings. The fourth-order valence-corrected chi connectivity index (χ4v) is 9.31. The molecule has 0 bridgehead atoms. The van der Waals surface area contributed by atoms with Gasteiger partial charge in [-0.15, -0.1) is 11.3 Å². The van der Waals surface area contributed by atoms with Crippen molar-refractivity contribution in [1.29, 1.82) is 5.26 Å². The van der Waals surface area contributed by atoms with E-state index in [2.05, 4.69) is 40.3 Å². The highest BCUT2D eigenvalue weighted by atomic mass is 32.1. The van der Waals surface area contributed by atoms with Crippen LogP contribution in [0.15, 0.2) is 10.6 Å². The molecule has 43 heavy (non-hydrogen) atoms. The number of likely N-dealkylation sites (N-methyl/N-ethyl adjacent to an activating group) is 1. The van der Waals surface area contributed by atoms with Crippen LogP contribution in [-0.2, 0) is 18.3 Å². The topological polar surface area (TPSA) is 129 Å². The van der Waals surface area contributed by atoms with E-state index in [1.165, 1.54) is 11.3 Å². The van der Waals surface area contributed by atoms with Crippen molar-refractivity contribution in [3.8, 4) is 23.5 Å². The van der Waals surface area contributed by atoms with Crippen LogP contribution in [0.2, 0.25) is 0 Å². The van der Waals surface area contributed by atoms with Crippen LogP contribution in [0.3, 0.4) is 0 Å². The summed E-state index contributed by atoms with van der Waals surface area (Å²) in [6.45, 7) is 5.08. The molecular formula is C32H42N8O2S. The summed E-state index contributed by atoms with van der Waals surface area (Å²) in [6.07, 6.45) is 10.1. The number of aromatic nitrogens is 3. The first-order valence-electron chi connectivity index (χ1n) is 15.9. The third-order valence-electron chi connectivity index (χ3n) is 10.4. The van der Waals surface area contributed by atoms with Gasteiger partial charge in [0.15, 0.2) is 17.3 Å². The number of hydrogen-bond donors (Lipinski definition) is 2. The molecule has 0 amide bonds. The maximum absolute atomic E-state index is 10.1. The van der Waals surface area contributed by atoms with Crippen LogP contribution in [0.25, 0.3) is 11.5 Å². The number of nitrogen functional groups attached to an aromatic ring is 1. The number of nitrogens with two attached hydrogens (primary N) is 1. The van der Waals surface area contributed by atoms with E-state index < -0.39 is 0 Å². The molecule has 0 saturated carbocycles. The van der Waals surface area contributed by atoms with Gasteiger partial charge < -0.3 is 25.2 Å². The van der Waals surface area contributed by atoms with Crippen molar-refractivity contribution in [2.24, 2.45) is 0 Å². The number of fused-ring (bicyclic) bond motifs is 4. The van der Waals surface area contributed by atoms with E-state index >= 15 is 0 Å². The van der Waals surface area contributed by atoms with Crippen LogP contribution in [0, 0.1) is 11.3 Å². The van der Waals surface area contributed by atoms with E-state index in [4.69, 9.17) is 25.0 Å². The zero-order chi connectivity index (χ0) is 29.7. The Kier molecular flexibility index (Phi) is 7.56. The number of piperidine rings is 1. The molecule has 11 heteroatoms. The molecule has 7 rings (SSSR count). The Labute approximate surface area is 257 Å². The predicted octanol–water partition coefficient (Wildman–Crippen LogP) is 4.66. The molecule has 0 unspecified atom stereocenters. The van der Waals surface area contributed by atoms with E-state index in [-0.39, 0.29) is 11.5 Å². The number of rotatable bonds is 6. The number of nitrogens with one attached hydrogen (secondary N) is 1. The van der Waals surface area contributed by atoms with Crippen LogP contribution >= 0.6 is 11.3 Å². The molecule has 3 atom stereocenters. The van der Waals surface area contributed by atoms with Gasteiger partial charge in [0.2, 0.25) is 5.88 Å². The first-order valence-corrected chi connectivity index (χ1v) is 16.7. The molecular weight excluding hydrogens is 560 g/mol. The van der Waals surface area contributed by atoms with Gasteiger partial charge in [-0.2, -0.15) is 10.2 Å². The maximum Gasteiger partial charge on any atom is 0.219 e. The van der Waals surface area contributed by atoms with Crippen LogP contribution in [0.5, 0.6) is 5.88 Å². The van der Waals surface area contributed by atoms with Crippen LogP contribution in [0.1, 0.15) is 85.6 Å². The van der Waals surface area contributed by atoms with Gasteiger partial charge in [-0.05, 0) is 97.3 Å². The van der Waals surface area contributed by atoms with E-state index in [1.807, 2.05) is 13.1 Å². The number of likely N-dealkylation sites (tertiary alicyclic amines) is 1. The van der Waals surface area contributed by atoms with Crippen molar-refractivity contribution < 1.29 is 9.26 Å². The second-order valence-electron chi connectivity index (χ2n) is 12.8.